The Morgan fingerprint density at radius 2 is 1.35 bits per heavy atom. The fraction of sp³-hybridized carbons (Fsp3) is 0.389. The number of benzene rings is 1. The topological polar surface area (TPSA) is 180 Å². The van der Waals surface area contributed by atoms with Gasteiger partial charge in [0.25, 0.3) is 0 Å². The van der Waals surface area contributed by atoms with Crippen LogP contribution in [0.1, 0.15) is 5.56 Å². The van der Waals surface area contributed by atoms with Crippen LogP contribution in [0.3, 0.4) is 0 Å². The standard InChI is InChI=1S/C17H22N2O8.CHNS.Cd/c20-14(21)9-18(10-15(22)23)6-7-19(11-16(24)25)13(17(26)27)8-12-4-2-1-3-5-12;2-1-3;/h1-5,13H,6-11H2,(H,20,21)(H,22,23)(H,24,25)(H,26,27);2H;. The first-order valence-electron chi connectivity index (χ1n) is 8.53. The van der Waals surface area contributed by atoms with E-state index in [4.69, 9.17) is 20.7 Å². The first-order chi connectivity index (χ1) is 14.1. The molecule has 0 aliphatic heterocycles. The van der Waals surface area contributed by atoms with E-state index in [2.05, 4.69) is 12.2 Å². The molecule has 0 heterocycles. The minimum Gasteiger partial charge on any atom is -0.480 e. The number of carboxylic acid groups (broad SMARTS) is 4. The molecule has 0 radical (unpaired) electrons. The molecular formula is C18H23CdN3O8S. The summed E-state index contributed by atoms with van der Waals surface area (Å²) in [5.74, 6) is -4.93. The van der Waals surface area contributed by atoms with E-state index >= 15 is 0 Å². The Bertz CT molecular complexity index is 743. The van der Waals surface area contributed by atoms with Crippen LogP contribution in [0.2, 0.25) is 0 Å². The second-order valence-electron chi connectivity index (χ2n) is 6.01. The fourth-order valence-corrected chi connectivity index (χ4v) is 2.60. The van der Waals surface area contributed by atoms with Gasteiger partial charge in [0.15, 0.2) is 0 Å². The summed E-state index contributed by atoms with van der Waals surface area (Å²) in [5, 5.41) is 43.7. The van der Waals surface area contributed by atoms with Gasteiger partial charge in [-0.05, 0) is 24.2 Å². The van der Waals surface area contributed by atoms with Crippen molar-refractivity contribution >= 4 is 41.3 Å². The molecule has 1 aromatic rings. The van der Waals surface area contributed by atoms with Gasteiger partial charge < -0.3 is 20.4 Å². The third-order valence-electron chi connectivity index (χ3n) is 3.76. The summed E-state index contributed by atoms with van der Waals surface area (Å²) in [5.41, 5.74) is 0.702. The summed E-state index contributed by atoms with van der Waals surface area (Å²) in [6.45, 7) is -1.90. The molecule has 0 amide bonds. The number of nitrogens with one attached hydrogen (secondary N) is 1. The van der Waals surface area contributed by atoms with Crippen molar-refractivity contribution in [2.24, 2.45) is 0 Å². The summed E-state index contributed by atoms with van der Waals surface area (Å²) in [6, 6.07) is 7.52. The molecule has 11 nitrogen and oxygen atoms in total. The second-order valence-corrected chi connectivity index (χ2v) is 6.21. The average molecular weight is 554 g/mol. The van der Waals surface area contributed by atoms with Gasteiger partial charge in [-0.25, -0.2) is 5.41 Å². The number of hydrogen-bond donors (Lipinski definition) is 5. The van der Waals surface area contributed by atoms with Crippen LogP contribution in [0.25, 0.3) is 0 Å². The monoisotopic (exact) mass is 555 g/mol. The van der Waals surface area contributed by atoms with Crippen molar-refractivity contribution in [3.8, 4) is 0 Å². The average Bonchev–Trinajstić information content (AvgIpc) is 2.63. The van der Waals surface area contributed by atoms with Crippen LogP contribution in [0.15, 0.2) is 30.3 Å². The normalized spacial score (nSPS) is 10.8. The van der Waals surface area contributed by atoms with Crippen LogP contribution in [-0.4, -0.2) is 98.0 Å². The molecule has 1 atom stereocenters. The van der Waals surface area contributed by atoms with E-state index in [0.717, 1.165) is 4.90 Å². The molecule has 0 spiro atoms. The SMILES string of the molecule is N=C=S.O=C(O)CN(CCN(CC(=O)O)C(Cc1ccccc1)C(=O)O)CC(=O)O.[Cd]. The van der Waals surface area contributed by atoms with Gasteiger partial charge in [-0.1, -0.05) is 30.3 Å². The Morgan fingerprint density at radius 3 is 1.74 bits per heavy atom. The molecule has 13 heteroatoms. The van der Waals surface area contributed by atoms with E-state index in [0.29, 0.717) is 5.56 Å². The van der Waals surface area contributed by atoms with Crippen molar-refractivity contribution in [2.75, 3.05) is 32.7 Å². The Morgan fingerprint density at radius 1 is 0.903 bits per heavy atom. The van der Waals surface area contributed by atoms with Crippen molar-refractivity contribution in [3.63, 3.8) is 0 Å². The van der Waals surface area contributed by atoms with Gasteiger partial charge in [-0.2, -0.15) is 0 Å². The Kier molecular flexibility index (Phi) is 17.4. The van der Waals surface area contributed by atoms with Crippen LogP contribution < -0.4 is 0 Å². The first kappa shape index (κ1) is 30.9. The van der Waals surface area contributed by atoms with E-state index in [-0.39, 0.29) is 46.8 Å². The summed E-state index contributed by atoms with van der Waals surface area (Å²) >= 11 is 3.81. The van der Waals surface area contributed by atoms with E-state index in [9.17, 15) is 24.3 Å². The summed E-state index contributed by atoms with van der Waals surface area (Å²) in [4.78, 5) is 46.9. The maximum atomic E-state index is 11.7. The minimum absolute atomic E-state index is 0. The molecule has 1 unspecified atom stereocenters. The molecule has 0 aliphatic rings. The maximum absolute atomic E-state index is 11.7. The number of nitrogens with zero attached hydrogens (tertiary/aromatic N) is 2. The zero-order chi connectivity index (χ0) is 23.1. The number of hydrogen-bond acceptors (Lipinski definition) is 8. The van der Waals surface area contributed by atoms with Crippen molar-refractivity contribution in [1.82, 2.24) is 9.80 Å². The van der Waals surface area contributed by atoms with Gasteiger partial charge in [0.05, 0.1) is 24.8 Å². The summed E-state index contributed by atoms with van der Waals surface area (Å²) in [6.07, 6.45) is 0.0569. The van der Waals surface area contributed by atoms with Crippen molar-refractivity contribution in [2.45, 2.75) is 12.5 Å². The van der Waals surface area contributed by atoms with E-state index in [1.165, 1.54) is 4.90 Å². The maximum Gasteiger partial charge on any atom is 0.321 e. The Balaban J connectivity index is 0. The van der Waals surface area contributed by atoms with E-state index in [1.807, 2.05) is 0 Å². The summed E-state index contributed by atoms with van der Waals surface area (Å²) in [7, 11) is 0. The second kappa shape index (κ2) is 17.4. The largest absolute Gasteiger partial charge is 0.480 e. The summed E-state index contributed by atoms with van der Waals surface area (Å²) < 4.78 is 0. The van der Waals surface area contributed by atoms with E-state index in [1.54, 1.807) is 35.5 Å². The molecule has 0 aliphatic carbocycles. The predicted octanol–water partition coefficient (Wildman–Crippen LogP) is 0.206. The molecular weight excluding hydrogens is 531 g/mol. The van der Waals surface area contributed by atoms with Crippen molar-refractivity contribution in [1.29, 1.82) is 5.41 Å². The van der Waals surface area contributed by atoms with Gasteiger partial charge in [-0.15, -0.1) is 0 Å². The van der Waals surface area contributed by atoms with Gasteiger partial charge in [0.1, 0.15) is 6.04 Å². The van der Waals surface area contributed by atoms with Crippen LogP contribution in [0.5, 0.6) is 0 Å². The van der Waals surface area contributed by atoms with Gasteiger partial charge in [0, 0.05) is 40.4 Å². The Hall–Kier alpha value is -2.26. The molecule has 0 bridgehead atoms. The molecule has 1 rings (SSSR count). The van der Waals surface area contributed by atoms with Gasteiger partial charge in [0.2, 0.25) is 0 Å². The van der Waals surface area contributed by atoms with Crippen LogP contribution in [-0.2, 0) is 52.9 Å². The molecule has 166 valence electrons. The Labute approximate surface area is 203 Å². The number of carboxylic acids is 4. The van der Waals surface area contributed by atoms with Crippen molar-refractivity contribution in [3.05, 3.63) is 35.9 Å². The molecule has 0 fully saturated rings. The van der Waals surface area contributed by atoms with Gasteiger partial charge >= 0.3 is 23.9 Å². The van der Waals surface area contributed by atoms with Crippen LogP contribution >= 0.6 is 12.2 Å². The molecule has 0 saturated heterocycles. The molecule has 5 N–H and O–H groups in total. The smallest absolute Gasteiger partial charge is 0.321 e. The quantitative estimate of drug-likeness (QED) is 0.128. The molecule has 0 saturated carbocycles. The molecule has 0 aromatic heterocycles. The fourth-order valence-electron chi connectivity index (χ4n) is 2.60. The van der Waals surface area contributed by atoms with E-state index < -0.39 is 49.6 Å². The zero-order valence-electron chi connectivity index (χ0n) is 16.6. The van der Waals surface area contributed by atoms with Crippen LogP contribution in [0, 0.1) is 5.41 Å². The number of rotatable bonds is 13. The third-order valence-corrected chi connectivity index (χ3v) is 3.76. The van der Waals surface area contributed by atoms with Gasteiger partial charge in [-0.3, -0.25) is 29.0 Å². The number of thiocarbonyl (C=S) groups is 1. The first-order valence-corrected chi connectivity index (χ1v) is 8.93. The number of aliphatic carboxylic acids is 4. The van der Waals surface area contributed by atoms with Crippen LogP contribution in [0.4, 0.5) is 0 Å². The number of carbonyl (C=O) groups is 4. The third kappa shape index (κ3) is 15.2. The zero-order valence-corrected chi connectivity index (χ0v) is 21.5. The predicted molar refractivity (Wildman–Crippen MR) is 108 cm³/mol. The minimum atomic E-state index is -1.24. The molecule has 31 heavy (non-hydrogen) atoms. The number of isothiocyanates is 1. The molecule has 1 aromatic carbocycles. The van der Waals surface area contributed by atoms with Crippen molar-refractivity contribution < 1.29 is 66.9 Å².